The van der Waals surface area contributed by atoms with Crippen LogP contribution in [-0.2, 0) is 19.6 Å². The van der Waals surface area contributed by atoms with Gasteiger partial charge in [0.25, 0.3) is 10.0 Å². The monoisotopic (exact) mass is 285 g/mol. The molecule has 0 saturated carbocycles. The first kappa shape index (κ1) is 15.2. The van der Waals surface area contributed by atoms with E-state index in [2.05, 4.69) is 0 Å². The van der Waals surface area contributed by atoms with Gasteiger partial charge in [0.2, 0.25) is 5.91 Å². The fraction of sp³-hybridized carbons (Fsp3) is 0.333. The number of aliphatic carboxylic acids is 1. The highest BCUT2D eigenvalue weighted by atomic mass is 32.2. The summed E-state index contributed by atoms with van der Waals surface area (Å²) < 4.78 is 24.9. The Hall–Kier alpha value is -1.89. The molecular formula is C12H15NO5S. The number of rotatable bonds is 4. The molecule has 0 saturated heterocycles. The van der Waals surface area contributed by atoms with Crippen molar-refractivity contribution in [3.8, 4) is 0 Å². The zero-order chi connectivity index (χ0) is 14.8. The van der Waals surface area contributed by atoms with Gasteiger partial charge in [0.1, 0.15) is 6.04 Å². The molecule has 1 aromatic rings. The first-order chi connectivity index (χ1) is 8.67. The van der Waals surface area contributed by atoms with Crippen molar-refractivity contribution in [2.75, 3.05) is 0 Å². The molecule has 0 spiro atoms. The molecule has 19 heavy (non-hydrogen) atoms. The van der Waals surface area contributed by atoms with Gasteiger partial charge >= 0.3 is 5.97 Å². The molecule has 0 radical (unpaired) electrons. The van der Waals surface area contributed by atoms with Crippen molar-refractivity contribution in [3.05, 3.63) is 29.8 Å². The van der Waals surface area contributed by atoms with Crippen molar-refractivity contribution in [1.29, 1.82) is 0 Å². The molecule has 1 N–H and O–H groups in total. The number of aryl methyl sites for hydroxylation is 1. The number of amides is 1. The minimum atomic E-state index is -4.16. The highest BCUT2D eigenvalue weighted by Crippen LogP contribution is 2.19. The standard InChI is InChI=1S/C12H15NO5S/c1-8-4-6-11(7-5-8)19(17,18)13(10(3)14)9(2)12(15)16/h4-7,9H,1-3H3,(H,15,16). The summed E-state index contributed by atoms with van der Waals surface area (Å²) in [4.78, 5) is 22.3. The van der Waals surface area contributed by atoms with Crippen LogP contribution in [0.25, 0.3) is 0 Å². The Balaban J connectivity index is 3.32. The van der Waals surface area contributed by atoms with Crippen LogP contribution < -0.4 is 0 Å². The molecule has 104 valence electrons. The van der Waals surface area contributed by atoms with E-state index in [4.69, 9.17) is 5.11 Å². The summed E-state index contributed by atoms with van der Waals surface area (Å²) in [6, 6.07) is 4.39. The van der Waals surface area contributed by atoms with E-state index in [0.717, 1.165) is 19.4 Å². The van der Waals surface area contributed by atoms with Crippen LogP contribution >= 0.6 is 0 Å². The van der Waals surface area contributed by atoms with E-state index in [0.29, 0.717) is 4.31 Å². The van der Waals surface area contributed by atoms with Crippen molar-refractivity contribution >= 4 is 21.9 Å². The second kappa shape index (κ2) is 5.40. The Morgan fingerprint density at radius 2 is 1.68 bits per heavy atom. The lowest BCUT2D eigenvalue weighted by Gasteiger charge is -2.24. The van der Waals surface area contributed by atoms with Crippen LogP contribution in [0.15, 0.2) is 29.2 Å². The number of carbonyl (C=O) groups is 2. The van der Waals surface area contributed by atoms with Crippen LogP contribution in [-0.4, -0.2) is 35.7 Å². The maximum absolute atomic E-state index is 12.3. The van der Waals surface area contributed by atoms with Crippen molar-refractivity contribution in [2.45, 2.75) is 31.7 Å². The average Bonchev–Trinajstić information content (AvgIpc) is 2.28. The summed E-state index contributed by atoms with van der Waals surface area (Å²) in [5.41, 5.74) is 0.861. The first-order valence-corrected chi connectivity index (χ1v) is 6.96. The second-order valence-corrected chi connectivity index (χ2v) is 5.96. The largest absolute Gasteiger partial charge is 0.480 e. The second-order valence-electron chi connectivity index (χ2n) is 4.15. The summed E-state index contributed by atoms with van der Waals surface area (Å²) in [5, 5.41) is 8.90. The molecule has 1 atom stereocenters. The van der Waals surface area contributed by atoms with Gasteiger partial charge in [-0.25, -0.2) is 17.5 Å². The molecule has 0 aliphatic heterocycles. The zero-order valence-electron chi connectivity index (χ0n) is 10.8. The predicted octanol–water partition coefficient (Wildman–Crippen LogP) is 1.01. The predicted molar refractivity (Wildman–Crippen MR) is 68.0 cm³/mol. The molecule has 1 aromatic carbocycles. The van der Waals surface area contributed by atoms with Gasteiger partial charge < -0.3 is 5.11 Å². The quantitative estimate of drug-likeness (QED) is 0.891. The van der Waals surface area contributed by atoms with Crippen molar-refractivity contribution in [1.82, 2.24) is 4.31 Å². The molecular weight excluding hydrogens is 270 g/mol. The van der Waals surface area contributed by atoms with Gasteiger partial charge in [-0.05, 0) is 26.0 Å². The molecule has 0 fully saturated rings. The fourth-order valence-electron chi connectivity index (χ4n) is 1.57. The summed E-state index contributed by atoms with van der Waals surface area (Å²) in [6.07, 6.45) is 0. The number of hydrogen-bond acceptors (Lipinski definition) is 4. The lowest BCUT2D eigenvalue weighted by molar-refractivity contribution is -0.144. The molecule has 0 aliphatic rings. The number of carbonyl (C=O) groups excluding carboxylic acids is 1. The third-order valence-corrected chi connectivity index (χ3v) is 4.56. The van der Waals surface area contributed by atoms with Gasteiger partial charge in [-0.3, -0.25) is 4.79 Å². The molecule has 0 aliphatic carbocycles. The number of sulfonamides is 1. The minimum Gasteiger partial charge on any atom is -0.480 e. The number of carboxylic acid groups (broad SMARTS) is 1. The van der Waals surface area contributed by atoms with Crippen LogP contribution in [0.2, 0.25) is 0 Å². The highest BCUT2D eigenvalue weighted by molar-refractivity contribution is 7.89. The molecule has 0 heterocycles. The molecule has 1 unspecified atom stereocenters. The van der Waals surface area contributed by atoms with Gasteiger partial charge in [0.05, 0.1) is 4.90 Å². The third kappa shape index (κ3) is 3.11. The molecule has 7 heteroatoms. The maximum atomic E-state index is 12.3. The van der Waals surface area contributed by atoms with Crippen molar-refractivity contribution < 1.29 is 23.1 Å². The SMILES string of the molecule is CC(=O)N(C(C)C(=O)O)S(=O)(=O)c1ccc(C)cc1. The average molecular weight is 285 g/mol. The highest BCUT2D eigenvalue weighted by Gasteiger charge is 2.34. The summed E-state index contributed by atoms with van der Waals surface area (Å²) in [5.74, 6) is -2.22. The van der Waals surface area contributed by atoms with Gasteiger partial charge in [-0.15, -0.1) is 0 Å². The van der Waals surface area contributed by atoms with Crippen molar-refractivity contribution in [2.24, 2.45) is 0 Å². The van der Waals surface area contributed by atoms with Crippen LogP contribution in [0, 0.1) is 6.92 Å². The number of hydrogen-bond donors (Lipinski definition) is 1. The van der Waals surface area contributed by atoms with Gasteiger partial charge in [-0.2, -0.15) is 0 Å². The topological polar surface area (TPSA) is 91.8 Å². The van der Waals surface area contributed by atoms with Crippen LogP contribution in [0.4, 0.5) is 0 Å². The normalized spacial score (nSPS) is 12.8. The van der Waals surface area contributed by atoms with E-state index in [1.807, 2.05) is 0 Å². The van der Waals surface area contributed by atoms with Crippen LogP contribution in [0.5, 0.6) is 0 Å². The van der Waals surface area contributed by atoms with E-state index in [1.165, 1.54) is 12.1 Å². The lowest BCUT2D eigenvalue weighted by Crippen LogP contribution is -2.45. The smallest absolute Gasteiger partial charge is 0.327 e. The minimum absolute atomic E-state index is 0.110. The Morgan fingerprint density at radius 1 is 1.21 bits per heavy atom. The van der Waals surface area contributed by atoms with Crippen LogP contribution in [0.1, 0.15) is 19.4 Å². The number of nitrogens with zero attached hydrogens (tertiary/aromatic N) is 1. The molecule has 1 amide bonds. The number of benzene rings is 1. The van der Waals surface area contributed by atoms with Gasteiger partial charge in [0.15, 0.2) is 0 Å². The van der Waals surface area contributed by atoms with Crippen molar-refractivity contribution in [3.63, 3.8) is 0 Å². The zero-order valence-corrected chi connectivity index (χ0v) is 11.6. The Labute approximate surface area is 111 Å². The first-order valence-electron chi connectivity index (χ1n) is 5.52. The summed E-state index contributed by atoms with van der Waals surface area (Å²) in [7, 11) is -4.16. The summed E-state index contributed by atoms with van der Waals surface area (Å²) >= 11 is 0. The fourth-order valence-corrected chi connectivity index (χ4v) is 3.13. The maximum Gasteiger partial charge on any atom is 0.327 e. The summed E-state index contributed by atoms with van der Waals surface area (Å²) in [6.45, 7) is 3.96. The third-order valence-electron chi connectivity index (χ3n) is 2.60. The Kier molecular flexibility index (Phi) is 4.31. The molecule has 1 rings (SSSR count). The van der Waals surface area contributed by atoms with Crippen LogP contribution in [0.3, 0.4) is 0 Å². The molecule has 6 nitrogen and oxygen atoms in total. The van der Waals surface area contributed by atoms with E-state index >= 15 is 0 Å². The van der Waals surface area contributed by atoms with E-state index in [9.17, 15) is 18.0 Å². The van der Waals surface area contributed by atoms with E-state index in [-0.39, 0.29) is 4.90 Å². The Bertz CT molecular complexity index is 591. The lowest BCUT2D eigenvalue weighted by atomic mass is 10.2. The van der Waals surface area contributed by atoms with E-state index < -0.39 is 27.9 Å². The molecule has 0 bridgehead atoms. The Morgan fingerprint density at radius 3 is 2.05 bits per heavy atom. The molecule has 0 aromatic heterocycles. The van der Waals surface area contributed by atoms with Gasteiger partial charge in [-0.1, -0.05) is 17.7 Å². The van der Waals surface area contributed by atoms with E-state index in [1.54, 1.807) is 19.1 Å². The van der Waals surface area contributed by atoms with Gasteiger partial charge in [0, 0.05) is 6.92 Å². The number of carboxylic acids is 1.